The molecule has 1 aliphatic heterocycles. The van der Waals surface area contributed by atoms with Gasteiger partial charge in [0.25, 0.3) is 0 Å². The number of ether oxygens (including phenoxy) is 1. The molecule has 1 aliphatic rings. The maximum absolute atomic E-state index is 6.02. The summed E-state index contributed by atoms with van der Waals surface area (Å²) in [6, 6.07) is 10.4. The molecule has 0 amide bonds. The van der Waals surface area contributed by atoms with Crippen LogP contribution in [0.2, 0.25) is 5.02 Å². The number of piperidine rings is 1. The number of methoxy groups -OCH3 is 1. The third-order valence-corrected chi connectivity index (χ3v) is 5.74. The summed E-state index contributed by atoms with van der Waals surface area (Å²) in [5.74, 6) is 1.60. The van der Waals surface area contributed by atoms with E-state index in [1.54, 1.807) is 14.2 Å². The normalized spacial score (nSPS) is 15.2. The molecule has 1 saturated heterocycles. The van der Waals surface area contributed by atoms with E-state index in [9.17, 15) is 0 Å². The Hall–Kier alpha value is -1.19. The average molecular weight is 521 g/mol. The highest BCUT2D eigenvalue weighted by Crippen LogP contribution is 2.25. The number of anilines is 1. The monoisotopic (exact) mass is 520 g/mol. The van der Waals surface area contributed by atoms with E-state index in [4.69, 9.17) is 16.3 Å². The molecular weight excluding hydrogens is 495 g/mol. The zero-order chi connectivity index (χ0) is 18.4. The Balaban J connectivity index is 0.00000261. The van der Waals surface area contributed by atoms with Crippen molar-refractivity contribution in [3.05, 3.63) is 46.3 Å². The van der Waals surface area contributed by atoms with Crippen molar-refractivity contribution >= 4 is 57.9 Å². The third kappa shape index (κ3) is 6.15. The van der Waals surface area contributed by atoms with Crippen LogP contribution in [0.25, 0.3) is 0 Å². The first-order valence-electron chi connectivity index (χ1n) is 8.77. The molecule has 1 fully saturated rings. The quantitative estimate of drug-likeness (QED) is 0.349. The zero-order valence-electron chi connectivity index (χ0n) is 15.6. The predicted octanol–water partition coefficient (Wildman–Crippen LogP) is 4.36. The number of rotatable bonds is 5. The number of hydrogen-bond acceptors (Lipinski definition) is 4. The second-order valence-electron chi connectivity index (χ2n) is 6.24. The number of benzene rings is 1. The van der Waals surface area contributed by atoms with Crippen molar-refractivity contribution in [2.24, 2.45) is 4.99 Å². The fraction of sp³-hybridized carbons (Fsp3) is 0.421. The van der Waals surface area contributed by atoms with Gasteiger partial charge in [-0.15, -0.1) is 35.3 Å². The number of halogens is 2. The van der Waals surface area contributed by atoms with Gasteiger partial charge in [-0.25, -0.2) is 0 Å². The minimum Gasteiger partial charge on any atom is -0.496 e. The van der Waals surface area contributed by atoms with E-state index in [-0.39, 0.29) is 24.0 Å². The number of thiophene rings is 1. The van der Waals surface area contributed by atoms with Gasteiger partial charge < -0.3 is 20.3 Å². The summed E-state index contributed by atoms with van der Waals surface area (Å²) in [6.45, 7) is 2.77. The van der Waals surface area contributed by atoms with Crippen molar-refractivity contribution < 1.29 is 4.74 Å². The first-order chi connectivity index (χ1) is 12.7. The molecule has 8 heteroatoms. The lowest BCUT2D eigenvalue weighted by atomic mass is 10.1. The van der Waals surface area contributed by atoms with E-state index in [2.05, 4.69) is 38.0 Å². The maximum atomic E-state index is 6.02. The number of nitrogens with one attached hydrogen (secondary N) is 2. The molecular formula is C19H26ClIN4OS. The Morgan fingerprint density at radius 3 is 2.74 bits per heavy atom. The molecule has 0 unspecified atom stereocenters. The minimum absolute atomic E-state index is 0. The van der Waals surface area contributed by atoms with E-state index >= 15 is 0 Å². The summed E-state index contributed by atoms with van der Waals surface area (Å²) in [4.78, 5) is 6.81. The van der Waals surface area contributed by atoms with E-state index in [0.717, 1.165) is 43.2 Å². The molecule has 1 aromatic carbocycles. The SMILES string of the molecule is CN=C(NCc1ccc(Cl)cc1OC)NC1CCN(c2cccs2)CC1.I. The Morgan fingerprint density at radius 1 is 1.33 bits per heavy atom. The summed E-state index contributed by atoms with van der Waals surface area (Å²) in [6.07, 6.45) is 2.20. The lowest BCUT2D eigenvalue weighted by molar-refractivity contribution is 0.409. The van der Waals surface area contributed by atoms with Gasteiger partial charge in [-0.2, -0.15) is 0 Å². The number of hydrogen-bond donors (Lipinski definition) is 2. The number of nitrogens with zero attached hydrogens (tertiary/aromatic N) is 2. The molecule has 0 spiro atoms. The third-order valence-electron chi connectivity index (χ3n) is 4.57. The maximum Gasteiger partial charge on any atom is 0.191 e. The Kier molecular flexibility index (Phi) is 8.98. The van der Waals surface area contributed by atoms with Crippen LogP contribution < -0.4 is 20.3 Å². The molecule has 2 aromatic rings. The van der Waals surface area contributed by atoms with Gasteiger partial charge in [0.1, 0.15) is 5.75 Å². The zero-order valence-corrected chi connectivity index (χ0v) is 19.5. The second-order valence-corrected chi connectivity index (χ2v) is 7.60. The van der Waals surface area contributed by atoms with Crippen LogP contribution in [0, 0.1) is 0 Å². The smallest absolute Gasteiger partial charge is 0.191 e. The topological polar surface area (TPSA) is 48.9 Å². The Morgan fingerprint density at radius 2 is 2.11 bits per heavy atom. The first kappa shape index (κ1) is 22.1. The number of aliphatic imine (C=N–C) groups is 1. The molecule has 0 atom stereocenters. The highest BCUT2D eigenvalue weighted by molar-refractivity contribution is 14.0. The lowest BCUT2D eigenvalue weighted by Gasteiger charge is -2.33. The fourth-order valence-electron chi connectivity index (χ4n) is 3.13. The molecule has 5 nitrogen and oxygen atoms in total. The van der Waals surface area contributed by atoms with Gasteiger partial charge in [0.15, 0.2) is 5.96 Å². The van der Waals surface area contributed by atoms with Crippen LogP contribution >= 0.6 is 46.9 Å². The van der Waals surface area contributed by atoms with Crippen molar-refractivity contribution in [3.8, 4) is 5.75 Å². The molecule has 0 aliphatic carbocycles. The van der Waals surface area contributed by atoms with Crippen molar-refractivity contribution in [2.45, 2.75) is 25.4 Å². The average Bonchev–Trinajstić information content (AvgIpc) is 3.21. The highest BCUT2D eigenvalue weighted by atomic mass is 127. The van der Waals surface area contributed by atoms with Crippen molar-refractivity contribution in [1.82, 2.24) is 10.6 Å². The van der Waals surface area contributed by atoms with Crippen LogP contribution in [0.15, 0.2) is 40.7 Å². The Bertz CT molecular complexity index is 733. The molecule has 0 radical (unpaired) electrons. The fourth-order valence-corrected chi connectivity index (χ4v) is 4.07. The first-order valence-corrected chi connectivity index (χ1v) is 10.0. The van der Waals surface area contributed by atoms with E-state index in [1.165, 1.54) is 5.00 Å². The van der Waals surface area contributed by atoms with Gasteiger partial charge in [0.2, 0.25) is 0 Å². The molecule has 2 heterocycles. The van der Waals surface area contributed by atoms with Gasteiger partial charge >= 0.3 is 0 Å². The largest absolute Gasteiger partial charge is 0.496 e. The van der Waals surface area contributed by atoms with Crippen molar-refractivity contribution in [3.63, 3.8) is 0 Å². The van der Waals surface area contributed by atoms with Gasteiger partial charge in [0, 0.05) is 43.3 Å². The van der Waals surface area contributed by atoms with Gasteiger partial charge in [-0.05, 0) is 42.5 Å². The summed E-state index contributed by atoms with van der Waals surface area (Å²) in [5.41, 5.74) is 1.05. The summed E-state index contributed by atoms with van der Waals surface area (Å²) in [7, 11) is 3.46. The lowest BCUT2D eigenvalue weighted by Crippen LogP contribution is -2.48. The van der Waals surface area contributed by atoms with Gasteiger partial charge in [-0.3, -0.25) is 4.99 Å². The van der Waals surface area contributed by atoms with Crippen molar-refractivity contribution in [1.29, 1.82) is 0 Å². The standard InChI is InChI=1S/C19H25ClN4OS.HI/c1-21-19(22-13-14-5-6-15(20)12-17(14)25-2)23-16-7-9-24(10-8-16)18-4-3-11-26-18;/h3-6,11-12,16H,7-10,13H2,1-2H3,(H2,21,22,23);1H. The van der Waals surface area contributed by atoms with Crippen LogP contribution in [-0.4, -0.2) is 39.2 Å². The van der Waals surface area contributed by atoms with E-state index in [0.29, 0.717) is 17.6 Å². The summed E-state index contributed by atoms with van der Waals surface area (Å²) >= 11 is 7.83. The molecule has 0 saturated carbocycles. The molecule has 1 aromatic heterocycles. The number of guanidine groups is 1. The van der Waals surface area contributed by atoms with E-state index < -0.39 is 0 Å². The molecule has 3 rings (SSSR count). The molecule has 2 N–H and O–H groups in total. The van der Waals surface area contributed by atoms with Crippen LogP contribution in [0.5, 0.6) is 5.75 Å². The van der Waals surface area contributed by atoms with E-state index in [1.807, 2.05) is 29.5 Å². The summed E-state index contributed by atoms with van der Waals surface area (Å²) < 4.78 is 5.40. The summed E-state index contributed by atoms with van der Waals surface area (Å²) in [5, 5.41) is 11.1. The van der Waals surface area contributed by atoms with Crippen LogP contribution in [0.1, 0.15) is 18.4 Å². The second kappa shape index (κ2) is 11.0. The van der Waals surface area contributed by atoms with Crippen molar-refractivity contribution in [2.75, 3.05) is 32.1 Å². The Labute approximate surface area is 187 Å². The highest BCUT2D eigenvalue weighted by Gasteiger charge is 2.20. The van der Waals surface area contributed by atoms with Gasteiger partial charge in [-0.1, -0.05) is 17.7 Å². The minimum atomic E-state index is 0. The van der Waals surface area contributed by atoms with Crippen LogP contribution in [-0.2, 0) is 6.54 Å². The van der Waals surface area contributed by atoms with Gasteiger partial charge in [0.05, 0.1) is 12.1 Å². The molecule has 0 bridgehead atoms. The predicted molar refractivity (Wildman–Crippen MR) is 126 cm³/mol. The van der Waals surface area contributed by atoms with Crippen LogP contribution in [0.3, 0.4) is 0 Å². The van der Waals surface area contributed by atoms with Crippen LogP contribution in [0.4, 0.5) is 5.00 Å². The molecule has 148 valence electrons. The molecule has 27 heavy (non-hydrogen) atoms.